The number of anilines is 2. The van der Waals surface area contributed by atoms with E-state index < -0.39 is 0 Å². The van der Waals surface area contributed by atoms with Crippen molar-refractivity contribution in [2.45, 2.75) is 18.2 Å². The number of thioether (sulfide) groups is 1. The Bertz CT molecular complexity index is 1010. The molecule has 3 rings (SSSR count). The summed E-state index contributed by atoms with van der Waals surface area (Å²) in [5.41, 5.74) is 3.23. The number of halogens is 1. The first-order valence-electron chi connectivity index (χ1n) is 9.13. The van der Waals surface area contributed by atoms with E-state index in [9.17, 15) is 9.59 Å². The first-order chi connectivity index (χ1) is 14.0. The first-order valence-corrected chi connectivity index (χ1v) is 10.5. The lowest BCUT2D eigenvalue weighted by Crippen LogP contribution is -2.15. The maximum atomic E-state index is 12.3. The Kier molecular flexibility index (Phi) is 7.33. The van der Waals surface area contributed by atoms with Crippen molar-refractivity contribution in [3.8, 4) is 0 Å². The van der Waals surface area contributed by atoms with E-state index in [-0.39, 0.29) is 17.6 Å². The second kappa shape index (κ2) is 10.1. The van der Waals surface area contributed by atoms with E-state index >= 15 is 0 Å². The Hall–Kier alpha value is -2.76. The number of rotatable bonds is 7. The summed E-state index contributed by atoms with van der Waals surface area (Å²) in [5.74, 6) is 0.0688. The van der Waals surface area contributed by atoms with Crippen molar-refractivity contribution in [2.24, 2.45) is 0 Å². The molecular formula is C23H21ClN2O2S. The molecule has 0 aliphatic carbocycles. The average molecular weight is 425 g/mol. The molecule has 4 nitrogen and oxygen atoms in total. The molecule has 0 saturated heterocycles. The Morgan fingerprint density at radius 3 is 2.45 bits per heavy atom. The summed E-state index contributed by atoms with van der Waals surface area (Å²) in [6, 6.07) is 22.5. The van der Waals surface area contributed by atoms with Crippen molar-refractivity contribution in [1.82, 2.24) is 0 Å². The van der Waals surface area contributed by atoms with Crippen LogP contribution in [0.1, 0.15) is 11.1 Å². The van der Waals surface area contributed by atoms with Gasteiger partial charge in [-0.3, -0.25) is 9.59 Å². The van der Waals surface area contributed by atoms with Gasteiger partial charge in [-0.1, -0.05) is 54.1 Å². The fourth-order valence-corrected chi connectivity index (χ4v) is 3.66. The highest BCUT2D eigenvalue weighted by atomic mass is 35.5. The van der Waals surface area contributed by atoms with Gasteiger partial charge in [-0.15, -0.1) is 11.8 Å². The van der Waals surface area contributed by atoms with Crippen LogP contribution in [0.15, 0.2) is 77.7 Å². The van der Waals surface area contributed by atoms with Crippen molar-refractivity contribution in [2.75, 3.05) is 16.4 Å². The van der Waals surface area contributed by atoms with Crippen LogP contribution in [0.2, 0.25) is 5.02 Å². The number of nitrogens with one attached hydrogen (secondary N) is 2. The predicted octanol–water partition coefficient (Wildman–Crippen LogP) is 5.56. The highest BCUT2D eigenvalue weighted by Crippen LogP contribution is 2.25. The molecule has 0 fully saturated rings. The van der Waals surface area contributed by atoms with Gasteiger partial charge in [-0.2, -0.15) is 0 Å². The SMILES string of the molecule is Cc1c(Cl)cccc1NC(=O)CSc1cccc(NC(=O)Cc2ccccc2)c1. The van der Waals surface area contributed by atoms with E-state index in [0.29, 0.717) is 22.8 Å². The van der Waals surface area contributed by atoms with E-state index in [1.54, 1.807) is 12.1 Å². The number of hydrogen-bond donors (Lipinski definition) is 2. The molecule has 3 aromatic carbocycles. The van der Waals surface area contributed by atoms with Crippen molar-refractivity contribution >= 4 is 46.6 Å². The zero-order valence-electron chi connectivity index (χ0n) is 15.9. The monoisotopic (exact) mass is 424 g/mol. The second-order valence-corrected chi connectivity index (χ2v) is 7.94. The molecule has 0 aromatic heterocycles. The van der Waals surface area contributed by atoms with E-state index in [1.165, 1.54) is 11.8 Å². The third kappa shape index (κ3) is 6.38. The molecule has 0 aliphatic rings. The molecule has 0 saturated carbocycles. The van der Waals surface area contributed by atoms with Gasteiger partial charge in [0.05, 0.1) is 12.2 Å². The van der Waals surface area contributed by atoms with Crippen molar-refractivity contribution < 1.29 is 9.59 Å². The summed E-state index contributed by atoms with van der Waals surface area (Å²) >= 11 is 7.50. The summed E-state index contributed by atoms with van der Waals surface area (Å²) in [7, 11) is 0. The van der Waals surface area contributed by atoms with Gasteiger partial charge >= 0.3 is 0 Å². The topological polar surface area (TPSA) is 58.2 Å². The van der Waals surface area contributed by atoms with Crippen molar-refractivity contribution in [3.05, 3.63) is 88.9 Å². The summed E-state index contributed by atoms with van der Waals surface area (Å²) in [6.07, 6.45) is 0.319. The Labute approximate surface area is 179 Å². The highest BCUT2D eigenvalue weighted by molar-refractivity contribution is 8.00. The maximum absolute atomic E-state index is 12.3. The van der Waals surface area contributed by atoms with E-state index in [4.69, 9.17) is 11.6 Å². The summed E-state index contributed by atoms with van der Waals surface area (Å²) in [4.78, 5) is 25.4. The normalized spacial score (nSPS) is 10.4. The molecule has 2 amide bonds. The molecule has 0 aliphatic heterocycles. The molecule has 148 valence electrons. The van der Waals surface area contributed by atoms with Gasteiger partial charge in [0.1, 0.15) is 0 Å². The lowest BCUT2D eigenvalue weighted by molar-refractivity contribution is -0.115. The third-order valence-corrected chi connectivity index (χ3v) is 5.64. The van der Waals surface area contributed by atoms with Gasteiger partial charge in [-0.25, -0.2) is 0 Å². The highest BCUT2D eigenvalue weighted by Gasteiger charge is 2.09. The van der Waals surface area contributed by atoms with Crippen molar-refractivity contribution in [1.29, 1.82) is 0 Å². The summed E-state index contributed by atoms with van der Waals surface area (Å²) in [6.45, 7) is 1.87. The minimum atomic E-state index is -0.112. The molecule has 6 heteroatoms. The molecular weight excluding hydrogens is 404 g/mol. The van der Waals surface area contributed by atoms with Gasteiger partial charge in [0, 0.05) is 21.3 Å². The number of amides is 2. The number of benzene rings is 3. The number of hydrogen-bond acceptors (Lipinski definition) is 3. The largest absolute Gasteiger partial charge is 0.326 e. The van der Waals surface area contributed by atoms with Crippen LogP contribution in [0.25, 0.3) is 0 Å². The van der Waals surface area contributed by atoms with Gasteiger partial charge in [0.25, 0.3) is 0 Å². The summed E-state index contributed by atoms with van der Waals surface area (Å²) < 4.78 is 0. The quantitative estimate of drug-likeness (QED) is 0.488. The molecule has 0 heterocycles. The molecule has 29 heavy (non-hydrogen) atoms. The smallest absolute Gasteiger partial charge is 0.234 e. The molecule has 0 unspecified atom stereocenters. The van der Waals surface area contributed by atoms with Gasteiger partial charge in [0.15, 0.2) is 0 Å². The van der Waals surface area contributed by atoms with Crippen molar-refractivity contribution in [3.63, 3.8) is 0 Å². The Morgan fingerprint density at radius 2 is 1.66 bits per heavy atom. The minimum absolute atomic E-state index is 0.0764. The lowest BCUT2D eigenvalue weighted by Gasteiger charge is -2.10. The zero-order chi connectivity index (χ0) is 20.6. The van der Waals surface area contributed by atoms with E-state index in [2.05, 4.69) is 10.6 Å². The zero-order valence-corrected chi connectivity index (χ0v) is 17.5. The Balaban J connectivity index is 1.53. The van der Waals surface area contributed by atoms with Gasteiger partial charge < -0.3 is 10.6 Å². The Morgan fingerprint density at radius 1 is 0.897 bits per heavy atom. The van der Waals surface area contributed by atoms with E-state index in [0.717, 1.165) is 16.0 Å². The first kappa shape index (κ1) is 21.0. The number of carbonyl (C=O) groups excluding carboxylic acids is 2. The van der Waals surface area contributed by atoms with Crippen LogP contribution in [-0.4, -0.2) is 17.6 Å². The third-order valence-electron chi connectivity index (χ3n) is 4.24. The van der Waals surface area contributed by atoms with Crippen LogP contribution in [0, 0.1) is 6.92 Å². The van der Waals surface area contributed by atoms with Crippen LogP contribution in [0.4, 0.5) is 11.4 Å². The van der Waals surface area contributed by atoms with Crippen LogP contribution >= 0.6 is 23.4 Å². The molecule has 0 radical (unpaired) electrons. The summed E-state index contributed by atoms with van der Waals surface area (Å²) in [5, 5.41) is 6.41. The molecule has 0 spiro atoms. The minimum Gasteiger partial charge on any atom is -0.326 e. The van der Waals surface area contributed by atoms with Gasteiger partial charge in [-0.05, 0) is 48.4 Å². The average Bonchev–Trinajstić information content (AvgIpc) is 2.71. The molecule has 3 aromatic rings. The van der Waals surface area contributed by atoms with Crippen LogP contribution in [0.5, 0.6) is 0 Å². The molecule has 0 bridgehead atoms. The lowest BCUT2D eigenvalue weighted by atomic mass is 10.1. The fraction of sp³-hybridized carbons (Fsp3) is 0.130. The molecule has 0 atom stereocenters. The van der Waals surface area contributed by atoms with Crippen LogP contribution in [0.3, 0.4) is 0 Å². The van der Waals surface area contributed by atoms with E-state index in [1.807, 2.05) is 67.6 Å². The van der Waals surface area contributed by atoms with Crippen LogP contribution in [-0.2, 0) is 16.0 Å². The van der Waals surface area contributed by atoms with Crippen LogP contribution < -0.4 is 10.6 Å². The maximum Gasteiger partial charge on any atom is 0.234 e. The standard InChI is InChI=1S/C23H21ClN2O2S/c1-16-20(24)11-6-12-21(16)26-23(28)15-29-19-10-5-9-18(14-19)25-22(27)13-17-7-3-2-4-8-17/h2-12,14H,13,15H2,1H3,(H,25,27)(H,26,28). The fourth-order valence-electron chi connectivity index (χ4n) is 2.73. The predicted molar refractivity (Wildman–Crippen MR) is 121 cm³/mol. The molecule has 2 N–H and O–H groups in total. The van der Waals surface area contributed by atoms with Gasteiger partial charge in [0.2, 0.25) is 11.8 Å². The second-order valence-electron chi connectivity index (χ2n) is 6.49. The number of carbonyl (C=O) groups is 2.